The second kappa shape index (κ2) is 4.97. The fourth-order valence-corrected chi connectivity index (χ4v) is 1.42. The van der Waals surface area contributed by atoms with Crippen LogP contribution in [0.15, 0.2) is 34.3 Å². The SMILES string of the molecule is C=CCOCn1cc(N)c(=O)c(Br)c1. The van der Waals surface area contributed by atoms with Crippen molar-refractivity contribution in [2.45, 2.75) is 6.73 Å². The highest BCUT2D eigenvalue weighted by molar-refractivity contribution is 9.10. The van der Waals surface area contributed by atoms with E-state index >= 15 is 0 Å². The van der Waals surface area contributed by atoms with Crippen molar-refractivity contribution in [3.05, 3.63) is 39.7 Å². The van der Waals surface area contributed by atoms with E-state index in [1.807, 2.05) is 0 Å². The molecule has 0 aliphatic carbocycles. The van der Waals surface area contributed by atoms with E-state index in [-0.39, 0.29) is 11.1 Å². The Morgan fingerprint density at radius 2 is 2.36 bits per heavy atom. The first-order chi connectivity index (χ1) is 6.65. The zero-order chi connectivity index (χ0) is 10.6. The van der Waals surface area contributed by atoms with Gasteiger partial charge in [0, 0.05) is 12.4 Å². The molecule has 0 aliphatic heterocycles. The van der Waals surface area contributed by atoms with Crippen molar-refractivity contribution < 1.29 is 4.74 Å². The van der Waals surface area contributed by atoms with E-state index < -0.39 is 0 Å². The third-order valence-corrected chi connectivity index (χ3v) is 2.10. The molecule has 4 nitrogen and oxygen atoms in total. The van der Waals surface area contributed by atoms with Crippen molar-refractivity contribution in [1.82, 2.24) is 4.57 Å². The minimum Gasteiger partial charge on any atom is -0.394 e. The normalized spacial score (nSPS) is 10.1. The highest BCUT2D eigenvalue weighted by Gasteiger charge is 2.01. The Hall–Kier alpha value is -1.07. The Balaban J connectivity index is 2.79. The molecule has 1 rings (SSSR count). The van der Waals surface area contributed by atoms with Crippen LogP contribution in [0.5, 0.6) is 0 Å². The maximum Gasteiger partial charge on any atom is 0.218 e. The van der Waals surface area contributed by atoms with Gasteiger partial charge in [-0.25, -0.2) is 0 Å². The van der Waals surface area contributed by atoms with Gasteiger partial charge in [0.2, 0.25) is 5.43 Å². The molecule has 1 aromatic rings. The molecule has 0 bridgehead atoms. The van der Waals surface area contributed by atoms with Gasteiger partial charge >= 0.3 is 0 Å². The van der Waals surface area contributed by atoms with Crippen LogP contribution in [0.4, 0.5) is 5.69 Å². The van der Waals surface area contributed by atoms with Gasteiger partial charge < -0.3 is 15.0 Å². The number of ether oxygens (including phenoxy) is 1. The number of halogens is 1. The number of pyridine rings is 1. The van der Waals surface area contributed by atoms with Gasteiger partial charge in [-0.2, -0.15) is 0 Å². The first-order valence-corrected chi connectivity index (χ1v) is 4.78. The molecule has 0 unspecified atom stereocenters. The lowest BCUT2D eigenvalue weighted by Gasteiger charge is -2.07. The Morgan fingerprint density at radius 1 is 1.64 bits per heavy atom. The molecule has 5 heteroatoms. The lowest BCUT2D eigenvalue weighted by Crippen LogP contribution is -2.14. The number of hydrogen-bond acceptors (Lipinski definition) is 3. The topological polar surface area (TPSA) is 57.2 Å². The van der Waals surface area contributed by atoms with Crippen LogP contribution in [0.3, 0.4) is 0 Å². The first-order valence-electron chi connectivity index (χ1n) is 3.99. The van der Waals surface area contributed by atoms with Crippen LogP contribution in [0, 0.1) is 0 Å². The highest BCUT2D eigenvalue weighted by atomic mass is 79.9. The third-order valence-electron chi connectivity index (χ3n) is 1.54. The van der Waals surface area contributed by atoms with E-state index in [0.29, 0.717) is 17.8 Å². The van der Waals surface area contributed by atoms with Crippen molar-refractivity contribution in [1.29, 1.82) is 0 Å². The van der Waals surface area contributed by atoms with Gasteiger partial charge in [0.05, 0.1) is 16.8 Å². The second-order valence-corrected chi connectivity index (χ2v) is 3.55. The van der Waals surface area contributed by atoms with Crippen molar-refractivity contribution in [3.8, 4) is 0 Å². The number of hydrogen-bond donors (Lipinski definition) is 1. The minimum atomic E-state index is -0.204. The van der Waals surface area contributed by atoms with E-state index in [1.165, 1.54) is 6.20 Å². The van der Waals surface area contributed by atoms with E-state index in [0.717, 1.165) is 0 Å². The first kappa shape index (κ1) is 11.0. The molecule has 0 fully saturated rings. The molecule has 0 amide bonds. The largest absolute Gasteiger partial charge is 0.394 e. The van der Waals surface area contributed by atoms with Crippen LogP contribution >= 0.6 is 15.9 Å². The summed E-state index contributed by atoms with van der Waals surface area (Å²) >= 11 is 3.12. The van der Waals surface area contributed by atoms with Gasteiger partial charge in [0.15, 0.2) is 0 Å². The van der Waals surface area contributed by atoms with Gasteiger partial charge in [0.1, 0.15) is 6.73 Å². The highest BCUT2D eigenvalue weighted by Crippen LogP contribution is 2.06. The van der Waals surface area contributed by atoms with Crippen LogP contribution in [0.1, 0.15) is 0 Å². The third kappa shape index (κ3) is 2.71. The zero-order valence-corrected chi connectivity index (χ0v) is 9.16. The van der Waals surface area contributed by atoms with E-state index in [4.69, 9.17) is 10.5 Å². The number of rotatable bonds is 4. The Kier molecular flexibility index (Phi) is 3.91. The molecule has 0 aliphatic rings. The van der Waals surface area contributed by atoms with Crippen LogP contribution in [-0.2, 0) is 11.5 Å². The number of nitrogens with two attached hydrogens (primary N) is 1. The molecule has 1 aromatic heterocycles. The molecular weight excluding hydrogens is 248 g/mol. The second-order valence-electron chi connectivity index (χ2n) is 2.69. The van der Waals surface area contributed by atoms with Gasteiger partial charge in [-0.05, 0) is 15.9 Å². The zero-order valence-electron chi connectivity index (χ0n) is 7.57. The van der Waals surface area contributed by atoms with Crippen LogP contribution in [0.25, 0.3) is 0 Å². The molecule has 0 atom stereocenters. The summed E-state index contributed by atoms with van der Waals surface area (Å²) in [6, 6.07) is 0. The van der Waals surface area contributed by atoms with Gasteiger partial charge in [-0.3, -0.25) is 4.79 Å². The summed E-state index contributed by atoms with van der Waals surface area (Å²) in [5, 5.41) is 0. The molecular formula is C9H11BrN2O2. The summed E-state index contributed by atoms with van der Waals surface area (Å²) in [6.07, 6.45) is 4.82. The standard InChI is InChI=1S/C9H11BrN2O2/c1-2-3-14-6-12-4-7(10)9(13)8(11)5-12/h2,4-5H,1,3,6,11H2. The lowest BCUT2D eigenvalue weighted by atomic mass is 10.4. The van der Waals surface area contributed by atoms with E-state index in [1.54, 1.807) is 16.8 Å². The van der Waals surface area contributed by atoms with E-state index in [2.05, 4.69) is 22.5 Å². The number of aromatic nitrogens is 1. The summed E-state index contributed by atoms with van der Waals surface area (Å²) in [6.45, 7) is 4.33. The summed E-state index contributed by atoms with van der Waals surface area (Å²) in [4.78, 5) is 11.2. The molecule has 76 valence electrons. The monoisotopic (exact) mass is 258 g/mol. The van der Waals surface area contributed by atoms with Crippen molar-refractivity contribution in [2.24, 2.45) is 0 Å². The molecule has 0 spiro atoms. The molecule has 2 N–H and O–H groups in total. The Labute approximate surface area is 90.1 Å². The van der Waals surface area contributed by atoms with Crippen molar-refractivity contribution >= 4 is 21.6 Å². The van der Waals surface area contributed by atoms with Crippen molar-refractivity contribution in [2.75, 3.05) is 12.3 Å². The maximum absolute atomic E-state index is 11.2. The van der Waals surface area contributed by atoms with Gasteiger partial charge in [-0.15, -0.1) is 6.58 Å². The smallest absolute Gasteiger partial charge is 0.218 e. The van der Waals surface area contributed by atoms with Crippen LogP contribution in [-0.4, -0.2) is 11.2 Å². The number of anilines is 1. The summed E-state index contributed by atoms with van der Waals surface area (Å²) in [5.41, 5.74) is 5.48. The average molecular weight is 259 g/mol. The maximum atomic E-state index is 11.2. The number of nitrogens with zero attached hydrogens (tertiary/aromatic N) is 1. The van der Waals surface area contributed by atoms with Gasteiger partial charge in [-0.1, -0.05) is 6.08 Å². The average Bonchev–Trinajstić information content (AvgIpc) is 2.14. The predicted octanol–water partition coefficient (Wildman–Crippen LogP) is 1.35. The molecule has 14 heavy (non-hydrogen) atoms. The van der Waals surface area contributed by atoms with Gasteiger partial charge in [0.25, 0.3) is 0 Å². The van der Waals surface area contributed by atoms with Crippen LogP contribution < -0.4 is 11.2 Å². The fourth-order valence-electron chi connectivity index (χ4n) is 0.933. The molecule has 0 saturated carbocycles. The molecule has 0 aromatic carbocycles. The predicted molar refractivity (Wildman–Crippen MR) is 59.0 cm³/mol. The van der Waals surface area contributed by atoms with Crippen LogP contribution in [0.2, 0.25) is 0 Å². The minimum absolute atomic E-state index is 0.196. The fraction of sp³-hybridized carbons (Fsp3) is 0.222. The molecule has 0 saturated heterocycles. The molecule has 0 radical (unpaired) electrons. The summed E-state index contributed by atoms with van der Waals surface area (Å²) in [7, 11) is 0. The Bertz CT molecular complexity index is 361. The molecule has 1 heterocycles. The summed E-state index contributed by atoms with van der Waals surface area (Å²) in [5.74, 6) is 0. The lowest BCUT2D eigenvalue weighted by molar-refractivity contribution is 0.0999. The quantitative estimate of drug-likeness (QED) is 0.656. The Morgan fingerprint density at radius 3 is 2.93 bits per heavy atom. The van der Waals surface area contributed by atoms with Crippen molar-refractivity contribution in [3.63, 3.8) is 0 Å². The summed E-state index contributed by atoms with van der Waals surface area (Å²) < 4.78 is 7.30. The number of nitrogen functional groups attached to an aromatic ring is 1. The van der Waals surface area contributed by atoms with E-state index in [9.17, 15) is 4.79 Å².